The van der Waals surface area contributed by atoms with E-state index in [0.29, 0.717) is 0 Å². The fourth-order valence-corrected chi connectivity index (χ4v) is 7.87. The van der Waals surface area contributed by atoms with Gasteiger partial charge in [-0.2, -0.15) is 0 Å². The van der Waals surface area contributed by atoms with Crippen LogP contribution in [0.5, 0.6) is 0 Å². The molecule has 0 spiro atoms. The summed E-state index contributed by atoms with van der Waals surface area (Å²) in [5.74, 6) is 0. The highest BCUT2D eigenvalue weighted by atomic mass is 15.0. The highest BCUT2D eigenvalue weighted by Crippen LogP contribution is 2.38. The lowest BCUT2D eigenvalue weighted by atomic mass is 9.92. The minimum absolute atomic E-state index is 0.945. The summed E-state index contributed by atoms with van der Waals surface area (Å²) in [7, 11) is 0. The van der Waals surface area contributed by atoms with Gasteiger partial charge in [0.15, 0.2) is 0 Å². The third-order valence-corrected chi connectivity index (χ3v) is 10.6. The van der Waals surface area contributed by atoms with E-state index in [1.807, 2.05) is 6.07 Å². The molecule has 10 aromatic rings. The first-order valence-corrected chi connectivity index (χ1v) is 18.8. The first-order chi connectivity index (χ1) is 27.2. The van der Waals surface area contributed by atoms with Gasteiger partial charge in [-0.25, -0.2) is 4.98 Å². The molecule has 10 rings (SSSR count). The number of hydrogen-bond donors (Lipinski definition) is 0. The van der Waals surface area contributed by atoms with Crippen LogP contribution in [-0.2, 0) is 0 Å². The first kappa shape index (κ1) is 32.4. The Labute approximate surface area is 321 Å². The summed E-state index contributed by atoms with van der Waals surface area (Å²) >= 11 is 0. The third-order valence-electron chi connectivity index (χ3n) is 10.6. The van der Waals surface area contributed by atoms with Crippen LogP contribution in [0.25, 0.3) is 94.5 Å². The second-order valence-corrected chi connectivity index (χ2v) is 14.0. The minimum Gasteiger partial charge on any atom is -0.309 e. The smallest absolute Gasteiger partial charge is 0.0715 e. The van der Waals surface area contributed by atoms with E-state index in [1.165, 1.54) is 49.6 Å². The van der Waals surface area contributed by atoms with Crippen LogP contribution in [-0.4, -0.2) is 9.55 Å². The van der Waals surface area contributed by atoms with Crippen LogP contribution in [0.2, 0.25) is 0 Å². The Hall–Kier alpha value is -7.29. The normalized spacial score (nSPS) is 11.3. The van der Waals surface area contributed by atoms with Crippen molar-refractivity contribution in [1.29, 1.82) is 0 Å². The summed E-state index contributed by atoms with van der Waals surface area (Å²) < 4.78 is 2.39. The molecule has 2 aromatic heterocycles. The molecule has 0 saturated heterocycles. The average Bonchev–Trinajstić information content (AvgIpc) is 3.61. The van der Waals surface area contributed by atoms with Gasteiger partial charge in [0.1, 0.15) is 0 Å². The van der Waals surface area contributed by atoms with E-state index in [0.717, 1.165) is 44.9 Å². The van der Waals surface area contributed by atoms with Crippen molar-refractivity contribution in [1.82, 2.24) is 9.55 Å². The van der Waals surface area contributed by atoms with Gasteiger partial charge in [0.2, 0.25) is 0 Å². The van der Waals surface area contributed by atoms with E-state index >= 15 is 0 Å². The topological polar surface area (TPSA) is 17.8 Å². The average molecular weight is 701 g/mol. The maximum absolute atomic E-state index is 5.24. The summed E-state index contributed by atoms with van der Waals surface area (Å²) in [5, 5.41) is 2.52. The number of pyridine rings is 1. The molecule has 0 unspecified atom stereocenters. The number of aromatic nitrogens is 2. The van der Waals surface area contributed by atoms with E-state index in [1.54, 1.807) is 0 Å². The monoisotopic (exact) mass is 700 g/mol. The quantitative estimate of drug-likeness (QED) is 0.162. The van der Waals surface area contributed by atoms with Gasteiger partial charge in [0.05, 0.1) is 22.4 Å². The Bertz CT molecular complexity index is 2850. The molecule has 0 amide bonds. The predicted octanol–water partition coefficient (Wildman–Crippen LogP) is 14.2. The lowest BCUT2D eigenvalue weighted by molar-refractivity contribution is 1.18. The molecule has 0 aliphatic rings. The van der Waals surface area contributed by atoms with E-state index < -0.39 is 0 Å². The Kier molecular flexibility index (Phi) is 8.20. The lowest BCUT2D eigenvalue weighted by Crippen LogP contribution is -1.94. The van der Waals surface area contributed by atoms with Crippen molar-refractivity contribution >= 4 is 21.8 Å². The highest BCUT2D eigenvalue weighted by Gasteiger charge is 2.15. The van der Waals surface area contributed by atoms with Crippen LogP contribution < -0.4 is 0 Å². The summed E-state index contributed by atoms with van der Waals surface area (Å²) in [4.78, 5) is 5.24. The lowest BCUT2D eigenvalue weighted by Gasteiger charge is -2.14. The van der Waals surface area contributed by atoms with E-state index in [4.69, 9.17) is 4.98 Å². The van der Waals surface area contributed by atoms with Crippen molar-refractivity contribution < 1.29 is 0 Å². The molecule has 0 atom stereocenters. The van der Waals surface area contributed by atoms with Crippen LogP contribution >= 0.6 is 0 Å². The number of nitrogens with zero attached hydrogens (tertiary/aromatic N) is 2. The van der Waals surface area contributed by atoms with Crippen LogP contribution in [0.1, 0.15) is 0 Å². The van der Waals surface area contributed by atoms with Crippen LogP contribution in [0.4, 0.5) is 0 Å². The van der Waals surface area contributed by atoms with Crippen LogP contribution in [0.3, 0.4) is 0 Å². The Balaban J connectivity index is 1.11. The van der Waals surface area contributed by atoms with E-state index in [9.17, 15) is 0 Å². The number of benzene rings is 8. The van der Waals surface area contributed by atoms with Gasteiger partial charge in [-0.15, -0.1) is 0 Å². The maximum Gasteiger partial charge on any atom is 0.0715 e. The SMILES string of the molecule is c1ccc(-c2cc(-c3cccc(-c4cc(-c5ccccc5)cc(-c5ccccc5)n4)c3)cc(-c3cccc(-n4c5ccccc5c5ccccc54)c3)c2)cc1. The molecule has 0 bridgehead atoms. The molecule has 0 aliphatic heterocycles. The molecule has 0 fully saturated rings. The maximum atomic E-state index is 5.24. The molecule has 8 aromatic carbocycles. The molecule has 0 radical (unpaired) electrons. The number of para-hydroxylation sites is 2. The van der Waals surface area contributed by atoms with E-state index in [-0.39, 0.29) is 0 Å². The first-order valence-electron chi connectivity index (χ1n) is 18.8. The largest absolute Gasteiger partial charge is 0.309 e. The molecule has 0 saturated carbocycles. The second kappa shape index (κ2) is 13.9. The van der Waals surface area contributed by atoms with Crippen molar-refractivity contribution in [3.8, 4) is 72.7 Å². The van der Waals surface area contributed by atoms with Gasteiger partial charge < -0.3 is 4.57 Å². The molecule has 2 nitrogen and oxygen atoms in total. The zero-order valence-corrected chi connectivity index (χ0v) is 30.2. The highest BCUT2D eigenvalue weighted by molar-refractivity contribution is 6.09. The fourth-order valence-electron chi connectivity index (χ4n) is 7.87. The van der Waals surface area contributed by atoms with Crippen LogP contribution in [0.15, 0.2) is 218 Å². The van der Waals surface area contributed by atoms with Crippen molar-refractivity contribution in [2.24, 2.45) is 0 Å². The molecule has 55 heavy (non-hydrogen) atoms. The summed E-state index contributed by atoms with van der Waals surface area (Å²) in [6.45, 7) is 0. The Morgan fingerprint density at radius 1 is 0.255 bits per heavy atom. The number of fused-ring (bicyclic) bond motifs is 3. The summed E-state index contributed by atoms with van der Waals surface area (Å²) in [6, 6.07) is 78.2. The molecule has 2 heterocycles. The van der Waals surface area contributed by atoms with Crippen LogP contribution in [0, 0.1) is 0 Å². The second-order valence-electron chi connectivity index (χ2n) is 14.0. The molecule has 258 valence electrons. The van der Waals surface area contributed by atoms with E-state index in [2.05, 4.69) is 217 Å². The Morgan fingerprint density at radius 3 is 1.22 bits per heavy atom. The van der Waals surface area contributed by atoms with Gasteiger partial charge in [0, 0.05) is 27.6 Å². The fraction of sp³-hybridized carbons (Fsp3) is 0. The molecule has 0 aliphatic carbocycles. The third kappa shape index (κ3) is 6.20. The standard InChI is InChI=1S/C53H36N2/c1-4-16-37(17-5-1)43-31-44(33-45(32-43)41-23-15-25-47(34-41)55-52-28-12-10-26-48(52)49-27-11-13-29-53(49)55)40-22-14-24-42(30-40)51-36-46(38-18-6-2-7-19-38)35-50(54-51)39-20-8-3-9-21-39/h1-36H. The number of rotatable bonds is 7. The van der Waals surface area contributed by atoms with Gasteiger partial charge in [-0.3, -0.25) is 0 Å². The summed E-state index contributed by atoms with van der Waals surface area (Å²) in [6.07, 6.45) is 0. The van der Waals surface area contributed by atoms with Gasteiger partial charge >= 0.3 is 0 Å². The number of hydrogen-bond acceptors (Lipinski definition) is 1. The van der Waals surface area contributed by atoms with Gasteiger partial charge in [-0.1, -0.05) is 158 Å². The van der Waals surface area contributed by atoms with Gasteiger partial charge in [-0.05, 0) is 105 Å². The van der Waals surface area contributed by atoms with Crippen molar-refractivity contribution in [2.75, 3.05) is 0 Å². The molecular formula is C53H36N2. The Morgan fingerprint density at radius 2 is 0.636 bits per heavy atom. The summed E-state index contributed by atoms with van der Waals surface area (Å²) in [5.41, 5.74) is 16.9. The van der Waals surface area contributed by atoms with Crippen molar-refractivity contribution in [3.05, 3.63) is 218 Å². The van der Waals surface area contributed by atoms with Gasteiger partial charge in [0.25, 0.3) is 0 Å². The minimum atomic E-state index is 0.945. The zero-order chi connectivity index (χ0) is 36.6. The molecule has 0 N–H and O–H groups in total. The van der Waals surface area contributed by atoms with Crippen molar-refractivity contribution in [3.63, 3.8) is 0 Å². The molecule has 2 heteroatoms. The predicted molar refractivity (Wildman–Crippen MR) is 231 cm³/mol. The zero-order valence-electron chi connectivity index (χ0n) is 30.2. The van der Waals surface area contributed by atoms with Crippen molar-refractivity contribution in [2.45, 2.75) is 0 Å². The molecular weight excluding hydrogens is 665 g/mol.